The first-order valence-corrected chi connectivity index (χ1v) is 4.54. The Morgan fingerprint density at radius 1 is 1.27 bits per heavy atom. The van der Waals surface area contributed by atoms with Crippen LogP contribution in [0.2, 0.25) is 0 Å². The molecule has 15 heavy (non-hydrogen) atoms. The lowest BCUT2D eigenvalue weighted by Gasteiger charge is -1.96. The molecule has 0 bridgehead atoms. The van der Waals surface area contributed by atoms with E-state index in [-0.39, 0.29) is 5.69 Å². The van der Waals surface area contributed by atoms with E-state index >= 15 is 0 Å². The number of rotatable bonds is 0. The van der Waals surface area contributed by atoms with E-state index < -0.39 is 0 Å². The van der Waals surface area contributed by atoms with Gasteiger partial charge in [0.05, 0.1) is 5.52 Å². The van der Waals surface area contributed by atoms with Gasteiger partial charge in [-0.25, -0.2) is 4.79 Å². The summed E-state index contributed by atoms with van der Waals surface area (Å²) in [5.74, 6) is 0. The van der Waals surface area contributed by atoms with Crippen LogP contribution in [0.1, 0.15) is 0 Å². The van der Waals surface area contributed by atoms with Gasteiger partial charge in [-0.3, -0.25) is 13.5 Å². The minimum absolute atomic E-state index is 0.0545. The Bertz CT molecular complexity index is 717. The molecule has 3 rings (SSSR count). The first-order chi connectivity index (χ1) is 7.20. The molecule has 3 aromatic rings. The minimum atomic E-state index is -0.0545. The Labute approximate surface area is 84.4 Å². The van der Waals surface area contributed by atoms with Crippen molar-refractivity contribution in [3.05, 3.63) is 29.1 Å². The van der Waals surface area contributed by atoms with Crippen molar-refractivity contribution in [3.63, 3.8) is 0 Å². The molecule has 3 heterocycles. The number of aryl methyl sites for hydroxylation is 2. The molecule has 0 spiro atoms. The summed E-state index contributed by atoms with van der Waals surface area (Å²) in [4.78, 5) is 11.7. The second-order valence-electron chi connectivity index (χ2n) is 3.51. The molecule has 6 nitrogen and oxygen atoms in total. The van der Waals surface area contributed by atoms with Crippen molar-refractivity contribution in [3.8, 4) is 0 Å². The smallest absolute Gasteiger partial charge is 0.295 e. The van der Waals surface area contributed by atoms with E-state index in [0.29, 0.717) is 5.65 Å². The molecule has 0 fully saturated rings. The zero-order valence-corrected chi connectivity index (χ0v) is 8.38. The monoisotopic (exact) mass is 203 g/mol. The first-order valence-electron chi connectivity index (χ1n) is 4.54. The number of fused-ring (bicyclic) bond motifs is 3. The summed E-state index contributed by atoms with van der Waals surface area (Å²) in [7, 11) is 3.48. The number of imidazole rings is 1. The molecular weight excluding hydrogens is 194 g/mol. The molecule has 0 aliphatic rings. The van der Waals surface area contributed by atoms with Gasteiger partial charge in [0.15, 0.2) is 5.65 Å². The Morgan fingerprint density at radius 3 is 2.87 bits per heavy atom. The van der Waals surface area contributed by atoms with Crippen LogP contribution in [0.3, 0.4) is 0 Å². The largest absolute Gasteiger partial charge is 0.328 e. The Kier molecular flexibility index (Phi) is 1.35. The first kappa shape index (κ1) is 8.22. The lowest BCUT2D eigenvalue weighted by atomic mass is 10.4. The highest BCUT2D eigenvalue weighted by Gasteiger charge is 2.11. The van der Waals surface area contributed by atoms with Crippen LogP contribution in [-0.4, -0.2) is 23.7 Å². The van der Waals surface area contributed by atoms with Crippen molar-refractivity contribution in [1.29, 1.82) is 0 Å². The standard InChI is InChI=1S/C9H9N5O/c1-12-6-3-4-14-5-10-11-8(14)7(6)13(2)9(12)15/h3-5H,1-2H3. The third-order valence-electron chi connectivity index (χ3n) is 2.69. The molecule has 76 valence electrons. The van der Waals surface area contributed by atoms with Crippen LogP contribution in [0.4, 0.5) is 0 Å². The number of aromatic nitrogens is 5. The minimum Gasteiger partial charge on any atom is -0.295 e. The molecule has 0 radical (unpaired) electrons. The highest BCUT2D eigenvalue weighted by atomic mass is 16.1. The fourth-order valence-corrected chi connectivity index (χ4v) is 1.88. The second-order valence-corrected chi connectivity index (χ2v) is 3.51. The van der Waals surface area contributed by atoms with Crippen molar-refractivity contribution in [2.24, 2.45) is 14.1 Å². The summed E-state index contributed by atoms with van der Waals surface area (Å²) in [6, 6.07) is 1.88. The van der Waals surface area contributed by atoms with Crippen LogP contribution in [0.15, 0.2) is 23.4 Å². The third-order valence-corrected chi connectivity index (χ3v) is 2.69. The topological polar surface area (TPSA) is 57.1 Å². The molecule has 6 heteroatoms. The molecule has 3 aromatic heterocycles. The maximum Gasteiger partial charge on any atom is 0.328 e. The van der Waals surface area contributed by atoms with Gasteiger partial charge in [0.1, 0.15) is 11.8 Å². The number of pyridine rings is 1. The van der Waals surface area contributed by atoms with E-state index in [1.165, 1.54) is 0 Å². The van der Waals surface area contributed by atoms with Gasteiger partial charge < -0.3 is 0 Å². The SMILES string of the molecule is Cn1c(=O)n(C)c2c1ccn1cnnc21. The molecular formula is C9H9N5O. The lowest BCUT2D eigenvalue weighted by Crippen LogP contribution is -2.19. The van der Waals surface area contributed by atoms with Crippen LogP contribution >= 0.6 is 0 Å². The molecule has 0 aromatic carbocycles. The van der Waals surface area contributed by atoms with E-state index in [4.69, 9.17) is 0 Å². The highest BCUT2D eigenvalue weighted by Crippen LogP contribution is 2.15. The van der Waals surface area contributed by atoms with Crippen LogP contribution < -0.4 is 5.69 Å². The summed E-state index contributed by atoms with van der Waals surface area (Å²) in [5.41, 5.74) is 2.32. The molecule has 0 amide bonds. The zero-order chi connectivity index (χ0) is 10.6. The third kappa shape index (κ3) is 0.855. The Balaban J connectivity index is 2.74. The molecule has 0 atom stereocenters. The predicted octanol–water partition coefficient (Wildman–Crippen LogP) is -0.0803. The number of hydrogen-bond acceptors (Lipinski definition) is 3. The van der Waals surface area contributed by atoms with Crippen LogP contribution in [-0.2, 0) is 14.1 Å². The van der Waals surface area contributed by atoms with Gasteiger partial charge in [0.25, 0.3) is 0 Å². The van der Waals surface area contributed by atoms with Crippen molar-refractivity contribution < 1.29 is 0 Å². The average Bonchev–Trinajstić information content (AvgIpc) is 2.78. The van der Waals surface area contributed by atoms with Gasteiger partial charge in [0, 0.05) is 20.3 Å². The van der Waals surface area contributed by atoms with Gasteiger partial charge in [-0.05, 0) is 6.07 Å². The van der Waals surface area contributed by atoms with Gasteiger partial charge in [-0.1, -0.05) is 0 Å². The fourth-order valence-electron chi connectivity index (χ4n) is 1.88. The zero-order valence-electron chi connectivity index (χ0n) is 8.38. The Morgan fingerprint density at radius 2 is 2.07 bits per heavy atom. The average molecular weight is 203 g/mol. The van der Waals surface area contributed by atoms with E-state index in [2.05, 4.69) is 10.2 Å². The number of hydrogen-bond donors (Lipinski definition) is 0. The number of nitrogens with zero attached hydrogens (tertiary/aromatic N) is 5. The van der Waals surface area contributed by atoms with E-state index in [0.717, 1.165) is 11.0 Å². The summed E-state index contributed by atoms with van der Waals surface area (Å²) in [5, 5.41) is 7.82. The molecule has 0 saturated carbocycles. The second kappa shape index (κ2) is 2.47. The van der Waals surface area contributed by atoms with Gasteiger partial charge in [-0.2, -0.15) is 0 Å². The van der Waals surface area contributed by atoms with E-state index in [9.17, 15) is 4.79 Å². The highest BCUT2D eigenvalue weighted by molar-refractivity contribution is 5.88. The molecule has 0 saturated heterocycles. The molecule has 0 unspecified atom stereocenters. The van der Waals surface area contributed by atoms with Crippen molar-refractivity contribution in [2.75, 3.05) is 0 Å². The van der Waals surface area contributed by atoms with Crippen LogP contribution in [0.25, 0.3) is 16.7 Å². The quantitative estimate of drug-likeness (QED) is 0.513. The molecule has 0 aliphatic carbocycles. The predicted molar refractivity (Wildman–Crippen MR) is 54.7 cm³/mol. The molecule has 0 N–H and O–H groups in total. The van der Waals surface area contributed by atoms with Gasteiger partial charge in [-0.15, -0.1) is 10.2 Å². The van der Waals surface area contributed by atoms with Crippen molar-refractivity contribution in [1.82, 2.24) is 23.7 Å². The van der Waals surface area contributed by atoms with E-state index in [1.54, 1.807) is 34.0 Å². The van der Waals surface area contributed by atoms with Gasteiger partial charge >= 0.3 is 5.69 Å². The summed E-state index contributed by atoms with van der Waals surface area (Å²) in [6.45, 7) is 0. The molecule has 0 aliphatic heterocycles. The summed E-state index contributed by atoms with van der Waals surface area (Å²) in [6.07, 6.45) is 3.46. The van der Waals surface area contributed by atoms with E-state index in [1.807, 2.05) is 12.3 Å². The fraction of sp³-hybridized carbons (Fsp3) is 0.222. The van der Waals surface area contributed by atoms with Gasteiger partial charge in [0.2, 0.25) is 0 Å². The maximum absolute atomic E-state index is 11.7. The lowest BCUT2D eigenvalue weighted by molar-refractivity contribution is 0.795. The van der Waals surface area contributed by atoms with Crippen molar-refractivity contribution in [2.45, 2.75) is 0 Å². The maximum atomic E-state index is 11.7. The normalized spacial score (nSPS) is 11.6. The Hall–Kier alpha value is -2.11. The van der Waals surface area contributed by atoms with Crippen LogP contribution in [0.5, 0.6) is 0 Å². The summed E-state index contributed by atoms with van der Waals surface area (Å²) < 4.78 is 4.98. The van der Waals surface area contributed by atoms with Crippen LogP contribution in [0, 0.1) is 0 Å². The van der Waals surface area contributed by atoms with Crippen molar-refractivity contribution >= 4 is 16.7 Å². The summed E-state index contributed by atoms with van der Waals surface area (Å²) >= 11 is 0.